The van der Waals surface area contributed by atoms with Gasteiger partial charge < -0.3 is 10.1 Å². The van der Waals surface area contributed by atoms with E-state index in [2.05, 4.69) is 20.5 Å². The zero-order chi connectivity index (χ0) is 12.5. The number of hydrogen-bond donors (Lipinski definition) is 1. The van der Waals surface area contributed by atoms with Gasteiger partial charge in [-0.15, -0.1) is 21.5 Å². The van der Waals surface area contributed by atoms with E-state index in [1.165, 1.54) is 11.3 Å². The van der Waals surface area contributed by atoms with Crippen LogP contribution in [-0.4, -0.2) is 26.7 Å². The van der Waals surface area contributed by atoms with Crippen molar-refractivity contribution in [3.8, 4) is 5.88 Å². The average Bonchev–Trinajstić information content (AvgIpc) is 3.02. The number of rotatable bonds is 4. The molecule has 3 rings (SSSR count). The summed E-state index contributed by atoms with van der Waals surface area (Å²) < 4.78 is 7.30. The number of methoxy groups -OCH3 is 1. The Morgan fingerprint density at radius 3 is 3.06 bits per heavy atom. The molecule has 94 valence electrons. The Kier molecular flexibility index (Phi) is 2.88. The van der Waals surface area contributed by atoms with Crippen LogP contribution in [0.4, 0.5) is 5.13 Å². The monoisotopic (exact) mass is 281 g/mol. The normalized spacial score (nSPS) is 11.0. The second-order valence-electron chi connectivity index (χ2n) is 3.60. The minimum Gasteiger partial charge on any atom is -0.480 e. The van der Waals surface area contributed by atoms with Gasteiger partial charge in [-0.1, -0.05) is 11.3 Å². The lowest BCUT2D eigenvalue weighted by atomic mass is 10.4. The molecule has 0 saturated carbocycles. The number of ether oxygens (including phenoxy) is 1. The van der Waals surface area contributed by atoms with Gasteiger partial charge in [0, 0.05) is 11.6 Å². The predicted molar refractivity (Wildman–Crippen MR) is 71.6 cm³/mol. The summed E-state index contributed by atoms with van der Waals surface area (Å²) in [6.07, 6.45) is 1.98. The largest absolute Gasteiger partial charge is 0.480 e. The molecule has 3 aromatic rings. The van der Waals surface area contributed by atoms with E-state index in [1.807, 2.05) is 22.9 Å². The lowest BCUT2D eigenvalue weighted by Gasteiger charge is -2.03. The molecule has 0 aliphatic rings. The van der Waals surface area contributed by atoms with Gasteiger partial charge in [0.2, 0.25) is 11.0 Å². The van der Waals surface area contributed by atoms with E-state index >= 15 is 0 Å². The fourth-order valence-electron chi connectivity index (χ4n) is 1.66. The number of imidazole rings is 1. The molecule has 0 unspecified atom stereocenters. The first-order valence-corrected chi connectivity index (χ1v) is 7.00. The molecule has 0 radical (unpaired) electrons. The molecule has 0 bridgehead atoms. The van der Waals surface area contributed by atoms with E-state index in [9.17, 15) is 0 Å². The van der Waals surface area contributed by atoms with Gasteiger partial charge in [-0.2, -0.15) is 4.98 Å². The smallest absolute Gasteiger partial charge is 0.238 e. The number of nitrogens with zero attached hydrogens (tertiary/aromatic N) is 4. The van der Waals surface area contributed by atoms with Gasteiger partial charge in [-0.05, 0) is 6.92 Å². The van der Waals surface area contributed by atoms with Crippen LogP contribution in [0.3, 0.4) is 0 Å². The minimum absolute atomic E-state index is 0.607. The lowest BCUT2D eigenvalue weighted by Crippen LogP contribution is -2.03. The molecule has 0 aliphatic carbocycles. The number of fused-ring (bicyclic) bond motifs is 1. The van der Waals surface area contributed by atoms with Crippen molar-refractivity contribution >= 4 is 32.8 Å². The van der Waals surface area contributed by atoms with E-state index in [0.717, 1.165) is 20.8 Å². The zero-order valence-corrected chi connectivity index (χ0v) is 11.5. The van der Waals surface area contributed by atoms with Gasteiger partial charge in [0.1, 0.15) is 10.7 Å². The van der Waals surface area contributed by atoms with Gasteiger partial charge in [-0.25, -0.2) is 0 Å². The highest BCUT2D eigenvalue weighted by molar-refractivity contribution is 7.15. The van der Waals surface area contributed by atoms with E-state index in [1.54, 1.807) is 18.4 Å². The molecule has 6 nitrogen and oxygen atoms in total. The van der Waals surface area contributed by atoms with Crippen molar-refractivity contribution in [3.63, 3.8) is 0 Å². The number of aromatic nitrogens is 4. The summed E-state index contributed by atoms with van der Waals surface area (Å²) in [6, 6.07) is 0. The Hall–Kier alpha value is -1.67. The van der Waals surface area contributed by atoms with Crippen molar-refractivity contribution in [2.45, 2.75) is 13.5 Å². The summed E-state index contributed by atoms with van der Waals surface area (Å²) in [5.74, 6) is 0.649. The van der Waals surface area contributed by atoms with E-state index < -0.39 is 0 Å². The lowest BCUT2D eigenvalue weighted by molar-refractivity contribution is 0.395. The van der Waals surface area contributed by atoms with E-state index in [4.69, 9.17) is 4.74 Å². The molecule has 0 aliphatic heterocycles. The van der Waals surface area contributed by atoms with Gasteiger partial charge >= 0.3 is 0 Å². The number of nitrogens with one attached hydrogen (secondary N) is 1. The van der Waals surface area contributed by atoms with Gasteiger partial charge in [-0.3, -0.25) is 4.40 Å². The SMILES string of the molecule is COc1nc2sccn2c1CNc1nnc(C)s1. The molecule has 0 fully saturated rings. The minimum atomic E-state index is 0.607. The molecule has 3 aromatic heterocycles. The summed E-state index contributed by atoms with van der Waals surface area (Å²) in [5.41, 5.74) is 0.988. The number of hydrogen-bond acceptors (Lipinski definition) is 7. The van der Waals surface area contributed by atoms with Crippen LogP contribution in [-0.2, 0) is 6.54 Å². The third-order valence-corrected chi connectivity index (χ3v) is 4.00. The predicted octanol–water partition coefficient (Wildman–Crippen LogP) is 2.18. The van der Waals surface area contributed by atoms with Crippen molar-refractivity contribution in [1.29, 1.82) is 0 Å². The summed E-state index contributed by atoms with van der Waals surface area (Å²) in [4.78, 5) is 5.32. The van der Waals surface area contributed by atoms with Crippen molar-refractivity contribution in [2.75, 3.05) is 12.4 Å². The maximum atomic E-state index is 5.28. The summed E-state index contributed by atoms with van der Waals surface area (Å²) in [6.45, 7) is 2.54. The molecule has 3 heterocycles. The van der Waals surface area contributed by atoms with Gasteiger partial charge in [0.15, 0.2) is 4.96 Å². The fraction of sp³-hybridized carbons (Fsp3) is 0.300. The third-order valence-electron chi connectivity index (χ3n) is 2.45. The maximum absolute atomic E-state index is 5.28. The summed E-state index contributed by atoms with van der Waals surface area (Å²) in [5, 5.41) is 15.0. The standard InChI is InChI=1S/C10H11N5OS2/c1-6-13-14-9(18-6)11-5-7-8(16-2)12-10-15(7)3-4-17-10/h3-4H,5H2,1-2H3,(H,11,14). The quantitative estimate of drug-likeness (QED) is 0.794. The van der Waals surface area contributed by atoms with E-state index in [-0.39, 0.29) is 0 Å². The highest BCUT2D eigenvalue weighted by Gasteiger charge is 2.13. The molecule has 1 N–H and O–H groups in total. The molecule has 0 amide bonds. The van der Waals surface area contributed by atoms with Crippen LogP contribution in [0.15, 0.2) is 11.6 Å². The fourth-order valence-corrected chi connectivity index (χ4v) is 2.98. The Morgan fingerprint density at radius 1 is 1.44 bits per heavy atom. The molecule has 0 saturated heterocycles. The van der Waals surface area contributed by atoms with Crippen LogP contribution in [0, 0.1) is 6.92 Å². The van der Waals surface area contributed by atoms with E-state index in [0.29, 0.717) is 12.4 Å². The van der Waals surface area contributed by atoms with Gasteiger partial charge in [0.05, 0.1) is 13.7 Å². The highest BCUT2D eigenvalue weighted by Crippen LogP contribution is 2.24. The average molecular weight is 281 g/mol. The van der Waals surface area contributed by atoms with Crippen molar-refractivity contribution in [3.05, 3.63) is 22.3 Å². The number of thiazole rings is 1. The third kappa shape index (κ3) is 1.93. The molecular weight excluding hydrogens is 270 g/mol. The van der Waals surface area contributed by atoms with Crippen LogP contribution in [0.5, 0.6) is 5.88 Å². The highest BCUT2D eigenvalue weighted by atomic mass is 32.1. The maximum Gasteiger partial charge on any atom is 0.238 e. The van der Waals surface area contributed by atoms with Crippen molar-refractivity contribution < 1.29 is 4.74 Å². The Morgan fingerprint density at radius 2 is 2.33 bits per heavy atom. The summed E-state index contributed by atoms with van der Waals surface area (Å²) >= 11 is 3.11. The molecule has 0 spiro atoms. The Balaban J connectivity index is 1.86. The molecular formula is C10H11N5OS2. The van der Waals surface area contributed by atoms with Crippen LogP contribution >= 0.6 is 22.7 Å². The van der Waals surface area contributed by atoms with Gasteiger partial charge in [0.25, 0.3) is 0 Å². The Labute approximate surface area is 111 Å². The second-order valence-corrected chi connectivity index (χ2v) is 5.66. The van der Waals surface area contributed by atoms with Crippen molar-refractivity contribution in [1.82, 2.24) is 19.6 Å². The van der Waals surface area contributed by atoms with Crippen LogP contribution in [0.25, 0.3) is 4.96 Å². The molecule has 8 heteroatoms. The molecule has 18 heavy (non-hydrogen) atoms. The first kappa shape index (κ1) is 11.4. The number of aryl methyl sites for hydroxylation is 1. The topological polar surface area (TPSA) is 64.3 Å². The number of anilines is 1. The first-order valence-electron chi connectivity index (χ1n) is 5.30. The Bertz CT molecular complexity index is 671. The molecule has 0 aromatic carbocycles. The van der Waals surface area contributed by atoms with Crippen LogP contribution in [0.2, 0.25) is 0 Å². The second kappa shape index (κ2) is 4.54. The van der Waals surface area contributed by atoms with Crippen LogP contribution < -0.4 is 10.1 Å². The van der Waals surface area contributed by atoms with Crippen molar-refractivity contribution in [2.24, 2.45) is 0 Å². The molecule has 0 atom stereocenters. The van der Waals surface area contributed by atoms with Crippen LogP contribution in [0.1, 0.15) is 10.7 Å². The zero-order valence-electron chi connectivity index (χ0n) is 9.88. The first-order chi connectivity index (χ1) is 8.78. The summed E-state index contributed by atoms with van der Waals surface area (Å²) in [7, 11) is 1.63.